The highest BCUT2D eigenvalue weighted by molar-refractivity contribution is 5.67. The SMILES string of the molecule is CCNCc1ccc(OC)c(CCC(=O)O)c1. The molecule has 0 atom stereocenters. The number of aryl methyl sites for hydroxylation is 1. The molecule has 0 unspecified atom stereocenters. The molecular formula is C13H19NO3. The molecule has 0 radical (unpaired) electrons. The predicted molar refractivity (Wildman–Crippen MR) is 66.3 cm³/mol. The maximum Gasteiger partial charge on any atom is 0.303 e. The molecule has 0 saturated carbocycles. The van der Waals surface area contributed by atoms with Crippen molar-refractivity contribution >= 4 is 5.97 Å². The van der Waals surface area contributed by atoms with E-state index in [2.05, 4.69) is 12.2 Å². The number of hydrogen-bond acceptors (Lipinski definition) is 3. The number of rotatable bonds is 7. The van der Waals surface area contributed by atoms with Crippen LogP contribution in [0.15, 0.2) is 18.2 Å². The highest BCUT2D eigenvalue weighted by atomic mass is 16.5. The molecule has 0 aliphatic carbocycles. The van der Waals surface area contributed by atoms with Gasteiger partial charge in [-0.05, 0) is 30.2 Å². The molecule has 0 aromatic heterocycles. The minimum absolute atomic E-state index is 0.126. The van der Waals surface area contributed by atoms with Crippen LogP contribution in [0.2, 0.25) is 0 Å². The van der Waals surface area contributed by atoms with Crippen LogP contribution in [0.4, 0.5) is 0 Å². The Hall–Kier alpha value is -1.55. The lowest BCUT2D eigenvalue weighted by Crippen LogP contribution is -2.12. The van der Waals surface area contributed by atoms with Gasteiger partial charge in [-0.25, -0.2) is 0 Å². The Balaban J connectivity index is 2.78. The minimum atomic E-state index is -0.788. The number of carbonyl (C=O) groups is 1. The van der Waals surface area contributed by atoms with E-state index in [1.165, 1.54) is 0 Å². The quantitative estimate of drug-likeness (QED) is 0.759. The van der Waals surface area contributed by atoms with E-state index in [1.54, 1.807) is 7.11 Å². The van der Waals surface area contributed by atoms with Crippen LogP contribution in [0.5, 0.6) is 5.75 Å². The summed E-state index contributed by atoms with van der Waals surface area (Å²) in [6, 6.07) is 5.89. The van der Waals surface area contributed by atoms with Crippen LogP contribution in [-0.4, -0.2) is 24.7 Å². The zero-order valence-corrected chi connectivity index (χ0v) is 10.3. The summed E-state index contributed by atoms with van der Waals surface area (Å²) in [5.41, 5.74) is 2.10. The molecule has 94 valence electrons. The van der Waals surface area contributed by atoms with Gasteiger partial charge in [-0.1, -0.05) is 19.1 Å². The van der Waals surface area contributed by atoms with E-state index in [-0.39, 0.29) is 6.42 Å². The van der Waals surface area contributed by atoms with E-state index in [9.17, 15) is 4.79 Å². The van der Waals surface area contributed by atoms with Gasteiger partial charge in [0.25, 0.3) is 0 Å². The van der Waals surface area contributed by atoms with E-state index in [1.807, 2.05) is 18.2 Å². The van der Waals surface area contributed by atoms with Gasteiger partial charge >= 0.3 is 5.97 Å². The van der Waals surface area contributed by atoms with Gasteiger partial charge in [-0.3, -0.25) is 4.79 Å². The lowest BCUT2D eigenvalue weighted by atomic mass is 10.0. The average molecular weight is 237 g/mol. The van der Waals surface area contributed by atoms with Crippen molar-refractivity contribution in [1.29, 1.82) is 0 Å². The van der Waals surface area contributed by atoms with Crippen LogP contribution in [0.1, 0.15) is 24.5 Å². The Labute approximate surface area is 102 Å². The zero-order chi connectivity index (χ0) is 12.7. The highest BCUT2D eigenvalue weighted by Gasteiger charge is 2.06. The predicted octanol–water partition coefficient (Wildman–Crippen LogP) is 1.82. The molecule has 4 heteroatoms. The van der Waals surface area contributed by atoms with Crippen molar-refractivity contribution in [2.75, 3.05) is 13.7 Å². The number of nitrogens with one attached hydrogen (secondary N) is 1. The molecule has 17 heavy (non-hydrogen) atoms. The monoisotopic (exact) mass is 237 g/mol. The lowest BCUT2D eigenvalue weighted by molar-refractivity contribution is -0.136. The smallest absolute Gasteiger partial charge is 0.303 e. The maximum absolute atomic E-state index is 10.6. The number of aliphatic carboxylic acids is 1. The van der Waals surface area contributed by atoms with E-state index in [0.717, 1.165) is 30.0 Å². The standard InChI is InChI=1S/C13H19NO3/c1-3-14-9-10-4-6-12(17-2)11(8-10)5-7-13(15)16/h4,6,8,14H,3,5,7,9H2,1-2H3,(H,15,16). The molecule has 0 saturated heterocycles. The number of hydrogen-bond donors (Lipinski definition) is 2. The fourth-order valence-electron chi connectivity index (χ4n) is 1.65. The normalized spacial score (nSPS) is 10.2. The molecule has 4 nitrogen and oxygen atoms in total. The van der Waals surface area contributed by atoms with Gasteiger partial charge in [0.15, 0.2) is 0 Å². The van der Waals surface area contributed by atoms with E-state index >= 15 is 0 Å². The number of carboxylic acid groups (broad SMARTS) is 1. The molecule has 0 heterocycles. The zero-order valence-electron chi connectivity index (χ0n) is 10.3. The van der Waals surface area contributed by atoms with Crippen LogP contribution in [-0.2, 0) is 17.8 Å². The Morgan fingerprint density at radius 1 is 1.47 bits per heavy atom. The van der Waals surface area contributed by atoms with E-state index in [0.29, 0.717) is 6.42 Å². The minimum Gasteiger partial charge on any atom is -0.496 e. The lowest BCUT2D eigenvalue weighted by Gasteiger charge is -2.10. The van der Waals surface area contributed by atoms with Crippen LogP contribution >= 0.6 is 0 Å². The summed E-state index contributed by atoms with van der Waals surface area (Å²) in [5.74, 6) is -0.0318. The van der Waals surface area contributed by atoms with Crippen molar-refractivity contribution in [1.82, 2.24) is 5.32 Å². The van der Waals surface area contributed by atoms with Crippen molar-refractivity contribution < 1.29 is 14.6 Å². The Kier molecular flexibility index (Phi) is 5.49. The molecule has 0 aliphatic heterocycles. The number of methoxy groups -OCH3 is 1. The molecule has 1 aromatic carbocycles. The van der Waals surface area contributed by atoms with Crippen molar-refractivity contribution in [2.24, 2.45) is 0 Å². The van der Waals surface area contributed by atoms with Crippen molar-refractivity contribution in [3.05, 3.63) is 29.3 Å². The summed E-state index contributed by atoms with van der Waals surface area (Å²) in [6.45, 7) is 3.76. The van der Waals surface area contributed by atoms with Crippen LogP contribution in [0.3, 0.4) is 0 Å². The first-order valence-electron chi connectivity index (χ1n) is 5.75. The van der Waals surface area contributed by atoms with E-state index < -0.39 is 5.97 Å². The van der Waals surface area contributed by atoms with Crippen molar-refractivity contribution in [2.45, 2.75) is 26.3 Å². The van der Waals surface area contributed by atoms with E-state index in [4.69, 9.17) is 9.84 Å². The van der Waals surface area contributed by atoms with Crippen LogP contribution < -0.4 is 10.1 Å². The maximum atomic E-state index is 10.6. The molecule has 0 bridgehead atoms. The number of carboxylic acids is 1. The second-order valence-electron chi connectivity index (χ2n) is 3.82. The average Bonchev–Trinajstić information content (AvgIpc) is 2.33. The van der Waals surface area contributed by atoms with Crippen LogP contribution in [0.25, 0.3) is 0 Å². The van der Waals surface area contributed by atoms with Crippen molar-refractivity contribution in [3.63, 3.8) is 0 Å². The molecule has 1 rings (SSSR count). The number of ether oxygens (including phenoxy) is 1. The van der Waals surface area contributed by atoms with Crippen molar-refractivity contribution in [3.8, 4) is 5.75 Å². The van der Waals surface area contributed by atoms with Gasteiger partial charge in [0.05, 0.1) is 7.11 Å². The van der Waals surface area contributed by atoms with Crippen LogP contribution in [0, 0.1) is 0 Å². The highest BCUT2D eigenvalue weighted by Crippen LogP contribution is 2.21. The Bertz CT molecular complexity index is 377. The molecular weight excluding hydrogens is 218 g/mol. The van der Waals surface area contributed by atoms with Gasteiger partial charge in [0.1, 0.15) is 5.75 Å². The molecule has 0 aliphatic rings. The molecule has 1 aromatic rings. The number of benzene rings is 1. The van der Waals surface area contributed by atoms with Gasteiger partial charge in [0, 0.05) is 13.0 Å². The summed E-state index contributed by atoms with van der Waals surface area (Å²) < 4.78 is 5.22. The molecule has 0 amide bonds. The largest absolute Gasteiger partial charge is 0.496 e. The molecule has 0 fully saturated rings. The Morgan fingerprint density at radius 2 is 2.24 bits per heavy atom. The first kappa shape index (κ1) is 13.5. The first-order chi connectivity index (χ1) is 8.17. The van der Waals surface area contributed by atoms with Gasteiger partial charge < -0.3 is 15.2 Å². The van der Waals surface area contributed by atoms with Gasteiger partial charge in [-0.2, -0.15) is 0 Å². The fraction of sp³-hybridized carbons (Fsp3) is 0.462. The summed E-state index contributed by atoms with van der Waals surface area (Å²) in [6.07, 6.45) is 0.624. The molecule has 2 N–H and O–H groups in total. The summed E-state index contributed by atoms with van der Waals surface area (Å²) in [7, 11) is 1.60. The third-order valence-electron chi connectivity index (χ3n) is 2.53. The summed E-state index contributed by atoms with van der Waals surface area (Å²) in [4.78, 5) is 10.6. The van der Waals surface area contributed by atoms with Gasteiger partial charge in [-0.15, -0.1) is 0 Å². The third kappa shape index (κ3) is 4.44. The third-order valence-corrected chi connectivity index (χ3v) is 2.53. The summed E-state index contributed by atoms with van der Waals surface area (Å²) >= 11 is 0. The topological polar surface area (TPSA) is 58.6 Å². The second kappa shape index (κ2) is 6.91. The summed E-state index contributed by atoms with van der Waals surface area (Å²) in [5, 5.41) is 11.9. The first-order valence-corrected chi connectivity index (χ1v) is 5.75. The second-order valence-corrected chi connectivity index (χ2v) is 3.82. The van der Waals surface area contributed by atoms with Gasteiger partial charge in [0.2, 0.25) is 0 Å². The molecule has 0 spiro atoms. The Morgan fingerprint density at radius 3 is 2.82 bits per heavy atom. The fourth-order valence-corrected chi connectivity index (χ4v) is 1.65.